The number of carbonyl (C=O) groups is 1. The Morgan fingerprint density at radius 2 is 2.00 bits per heavy atom. The maximum Gasteiger partial charge on any atom is 0.340 e. The van der Waals surface area contributed by atoms with Gasteiger partial charge >= 0.3 is 5.24 Å². The Hall–Kier alpha value is -1.20. The van der Waals surface area contributed by atoms with Crippen LogP contribution in [0.1, 0.15) is 6.92 Å². The van der Waals surface area contributed by atoms with E-state index in [1.54, 1.807) is 37.3 Å². The van der Waals surface area contributed by atoms with Gasteiger partial charge in [0.15, 0.2) is 0 Å². The highest BCUT2D eigenvalue weighted by atomic mass is 32.2. The smallest absolute Gasteiger partial charge is 0.280 e. The summed E-state index contributed by atoms with van der Waals surface area (Å²) in [6, 6.07) is 8.25. The molecule has 4 nitrogen and oxygen atoms in total. The Morgan fingerprint density at radius 3 is 2.50 bits per heavy atom. The summed E-state index contributed by atoms with van der Waals surface area (Å²) in [7, 11) is -1.67. The van der Waals surface area contributed by atoms with E-state index in [1.807, 2.05) is 0 Å². The van der Waals surface area contributed by atoms with Crippen LogP contribution in [0.4, 0.5) is 10.5 Å². The molecule has 1 unspecified atom stereocenters. The van der Waals surface area contributed by atoms with Crippen LogP contribution in [-0.2, 0) is 10.8 Å². The average Bonchev–Trinajstić information content (AvgIpc) is 2.27. The van der Waals surface area contributed by atoms with E-state index in [1.165, 1.54) is 0 Å². The second-order valence-corrected chi connectivity index (χ2v) is 4.17. The number of benzene rings is 1. The van der Waals surface area contributed by atoms with Crippen LogP contribution < -0.4 is 5.06 Å². The van der Waals surface area contributed by atoms with Crippen molar-refractivity contribution in [2.75, 3.05) is 10.8 Å². The maximum absolute atomic E-state index is 11.3. The van der Waals surface area contributed by atoms with Gasteiger partial charge in [0.1, 0.15) is 10.8 Å². The molecule has 1 aromatic rings. The Morgan fingerprint density at radius 1 is 1.43 bits per heavy atom. The molecule has 0 aliphatic carbocycles. The highest BCUT2D eigenvalue weighted by molar-refractivity contribution is 8.00. The zero-order chi connectivity index (χ0) is 10.6. The van der Waals surface area contributed by atoms with Crippen LogP contribution in [0.25, 0.3) is 0 Å². The molecule has 1 atom stereocenters. The number of hydroxylamine groups is 1. The van der Waals surface area contributed by atoms with E-state index in [4.69, 9.17) is 0 Å². The Balaban J connectivity index is 2.81. The van der Waals surface area contributed by atoms with Gasteiger partial charge in [-0.1, -0.05) is 25.1 Å². The summed E-state index contributed by atoms with van der Waals surface area (Å²) in [4.78, 5) is 11.3. The molecule has 0 fully saturated rings. The Bertz CT molecular complexity index is 339. The molecular weight excluding hydrogens is 202 g/mol. The number of amides is 1. The minimum atomic E-state index is -1.67. The molecule has 0 aromatic heterocycles. The zero-order valence-electron chi connectivity index (χ0n) is 7.71. The van der Waals surface area contributed by atoms with Gasteiger partial charge in [-0.2, -0.15) is 5.06 Å². The number of carbonyl (C=O) groups excluding carboxylic acids is 1. The molecule has 0 aliphatic heterocycles. The van der Waals surface area contributed by atoms with Gasteiger partial charge < -0.3 is 0 Å². The molecule has 0 heterocycles. The molecule has 1 rings (SSSR count). The fourth-order valence-corrected chi connectivity index (χ4v) is 1.44. The van der Waals surface area contributed by atoms with Crippen LogP contribution in [0.3, 0.4) is 0 Å². The lowest BCUT2D eigenvalue weighted by atomic mass is 10.3. The average molecular weight is 213 g/mol. The standard InChI is InChI=1S/C9H11NO3S/c1-2-14(13)9(11)10(12)8-6-4-3-5-7-8/h3-7,12H,2H2,1H3. The summed E-state index contributed by atoms with van der Waals surface area (Å²) >= 11 is 0. The monoisotopic (exact) mass is 213 g/mol. The number of para-hydroxylation sites is 1. The fourth-order valence-electron chi connectivity index (χ4n) is 0.895. The van der Waals surface area contributed by atoms with E-state index >= 15 is 0 Å². The van der Waals surface area contributed by atoms with E-state index in [2.05, 4.69) is 0 Å². The minimum Gasteiger partial charge on any atom is -0.280 e. The summed E-state index contributed by atoms with van der Waals surface area (Å²) < 4.78 is 11.1. The fraction of sp³-hybridized carbons (Fsp3) is 0.222. The summed E-state index contributed by atoms with van der Waals surface area (Å²) in [6.45, 7) is 1.62. The first kappa shape index (κ1) is 10.9. The third kappa shape index (κ3) is 2.40. The number of rotatable bonds is 2. The SMILES string of the molecule is CCS(=O)C(=O)N(O)c1ccccc1. The second kappa shape index (κ2) is 4.88. The molecule has 0 radical (unpaired) electrons. The van der Waals surface area contributed by atoms with Crippen molar-refractivity contribution < 1.29 is 14.2 Å². The first-order chi connectivity index (χ1) is 6.66. The van der Waals surface area contributed by atoms with Crippen molar-refractivity contribution in [3.8, 4) is 0 Å². The van der Waals surface area contributed by atoms with Crippen LogP contribution in [0.15, 0.2) is 30.3 Å². The second-order valence-electron chi connectivity index (χ2n) is 2.55. The Kier molecular flexibility index (Phi) is 3.79. The molecule has 1 N–H and O–H groups in total. The summed E-state index contributed by atoms with van der Waals surface area (Å²) in [5.41, 5.74) is 0.319. The number of hydrogen-bond acceptors (Lipinski definition) is 3. The molecule has 1 amide bonds. The molecule has 0 spiro atoms. The molecule has 76 valence electrons. The first-order valence-electron chi connectivity index (χ1n) is 4.13. The molecule has 5 heteroatoms. The first-order valence-corrected chi connectivity index (χ1v) is 5.45. The quantitative estimate of drug-likeness (QED) is 0.601. The molecule has 0 aliphatic rings. The minimum absolute atomic E-state index is 0.197. The predicted octanol–water partition coefficient (Wildman–Crippen LogP) is 1.77. The van der Waals surface area contributed by atoms with Crippen molar-refractivity contribution in [1.29, 1.82) is 0 Å². The van der Waals surface area contributed by atoms with Crippen molar-refractivity contribution in [3.63, 3.8) is 0 Å². The molecule has 1 aromatic carbocycles. The van der Waals surface area contributed by atoms with Crippen LogP contribution in [0, 0.1) is 0 Å². The normalized spacial score (nSPS) is 12.1. The molecule has 0 saturated carbocycles. The summed E-state index contributed by atoms with van der Waals surface area (Å²) in [5.74, 6) is 0.197. The van der Waals surface area contributed by atoms with E-state index in [0.29, 0.717) is 10.8 Å². The topological polar surface area (TPSA) is 57.6 Å². The lowest BCUT2D eigenvalue weighted by Crippen LogP contribution is -2.29. The van der Waals surface area contributed by atoms with Gasteiger partial charge in [-0.05, 0) is 12.1 Å². The van der Waals surface area contributed by atoms with Crippen molar-refractivity contribution in [2.24, 2.45) is 0 Å². The van der Waals surface area contributed by atoms with Gasteiger partial charge in [-0.25, -0.2) is 4.21 Å². The van der Waals surface area contributed by atoms with Crippen molar-refractivity contribution >= 4 is 21.7 Å². The van der Waals surface area contributed by atoms with Gasteiger partial charge in [0.2, 0.25) is 0 Å². The van der Waals surface area contributed by atoms with Gasteiger partial charge in [0, 0.05) is 5.75 Å². The third-order valence-corrected chi connectivity index (χ3v) is 2.72. The van der Waals surface area contributed by atoms with Crippen LogP contribution in [0.5, 0.6) is 0 Å². The maximum atomic E-state index is 11.3. The largest absolute Gasteiger partial charge is 0.340 e. The van der Waals surface area contributed by atoms with Gasteiger partial charge in [0.25, 0.3) is 0 Å². The van der Waals surface area contributed by atoms with E-state index in [-0.39, 0.29) is 5.75 Å². The summed E-state index contributed by atoms with van der Waals surface area (Å²) in [6.07, 6.45) is 0. The van der Waals surface area contributed by atoms with Gasteiger partial charge in [0.05, 0.1) is 5.69 Å². The summed E-state index contributed by atoms with van der Waals surface area (Å²) in [5, 5.41) is 9.00. The highest BCUT2D eigenvalue weighted by Crippen LogP contribution is 2.12. The lowest BCUT2D eigenvalue weighted by Gasteiger charge is -2.13. The van der Waals surface area contributed by atoms with E-state index in [0.717, 1.165) is 0 Å². The Labute approximate surface area is 84.6 Å². The number of nitrogens with zero attached hydrogens (tertiary/aromatic N) is 1. The van der Waals surface area contributed by atoms with Crippen molar-refractivity contribution in [3.05, 3.63) is 30.3 Å². The highest BCUT2D eigenvalue weighted by Gasteiger charge is 2.18. The predicted molar refractivity (Wildman–Crippen MR) is 54.8 cm³/mol. The third-order valence-electron chi connectivity index (χ3n) is 1.63. The molecule has 0 bridgehead atoms. The van der Waals surface area contributed by atoms with E-state index in [9.17, 15) is 14.2 Å². The van der Waals surface area contributed by atoms with E-state index < -0.39 is 16.0 Å². The number of anilines is 1. The van der Waals surface area contributed by atoms with Crippen LogP contribution >= 0.6 is 0 Å². The van der Waals surface area contributed by atoms with Crippen molar-refractivity contribution in [2.45, 2.75) is 6.92 Å². The van der Waals surface area contributed by atoms with Gasteiger partial charge in [-0.3, -0.25) is 10.0 Å². The lowest BCUT2D eigenvalue weighted by molar-refractivity contribution is 0.224. The van der Waals surface area contributed by atoms with Crippen LogP contribution in [0.2, 0.25) is 0 Å². The van der Waals surface area contributed by atoms with Gasteiger partial charge in [-0.15, -0.1) is 0 Å². The molecular formula is C9H11NO3S. The van der Waals surface area contributed by atoms with Crippen LogP contribution in [-0.4, -0.2) is 20.4 Å². The molecule has 14 heavy (non-hydrogen) atoms. The van der Waals surface area contributed by atoms with Crippen molar-refractivity contribution in [1.82, 2.24) is 0 Å². The number of hydrogen-bond donors (Lipinski definition) is 1. The zero-order valence-corrected chi connectivity index (χ0v) is 8.53. The molecule has 0 saturated heterocycles.